The first-order valence-corrected chi connectivity index (χ1v) is 14.4. The minimum Gasteiger partial charge on any atom is -0.423 e. The van der Waals surface area contributed by atoms with Crippen LogP contribution in [0.2, 0.25) is 5.02 Å². The van der Waals surface area contributed by atoms with E-state index < -0.39 is 47.9 Å². The normalized spacial score (nSPS) is 20.0. The van der Waals surface area contributed by atoms with Crippen LogP contribution in [0.4, 0.5) is 0 Å². The molecule has 41 heavy (non-hydrogen) atoms. The fourth-order valence-corrected chi connectivity index (χ4v) is 5.79. The van der Waals surface area contributed by atoms with Gasteiger partial charge >= 0.3 is 5.97 Å². The van der Waals surface area contributed by atoms with E-state index in [9.17, 15) is 24.0 Å². The SMILES string of the molecule is C[C@@H]1CC[C@H]2C(=O)N(N(CC(=O)c3ccc(OC(=O)c4ccc(Br)cc4)cc3)C(=O)c3ccccc3Cl)C(=O)[C@@H]2C1. The van der Waals surface area contributed by atoms with Crippen LogP contribution in [0.25, 0.3) is 0 Å². The van der Waals surface area contributed by atoms with Gasteiger partial charge in [-0.2, -0.15) is 5.01 Å². The molecule has 3 amide bonds. The number of Topliss-reactive ketones (excluding diaryl/α,β-unsaturated/α-hetero) is 1. The van der Waals surface area contributed by atoms with Gasteiger partial charge in [0, 0.05) is 10.0 Å². The van der Waals surface area contributed by atoms with Gasteiger partial charge in [0.05, 0.1) is 28.0 Å². The smallest absolute Gasteiger partial charge is 0.343 e. The van der Waals surface area contributed by atoms with E-state index in [4.69, 9.17) is 16.3 Å². The summed E-state index contributed by atoms with van der Waals surface area (Å²) in [6.07, 6.45) is 1.91. The van der Waals surface area contributed by atoms with Crippen LogP contribution in [0.15, 0.2) is 77.3 Å². The number of halogens is 2. The molecule has 2 fully saturated rings. The van der Waals surface area contributed by atoms with Crippen LogP contribution in [0.1, 0.15) is 57.3 Å². The van der Waals surface area contributed by atoms with Crippen molar-refractivity contribution in [2.75, 3.05) is 6.54 Å². The van der Waals surface area contributed by atoms with Crippen molar-refractivity contribution >= 4 is 57.0 Å². The van der Waals surface area contributed by atoms with Crippen molar-refractivity contribution in [3.8, 4) is 5.75 Å². The molecule has 0 aromatic heterocycles. The first kappa shape index (κ1) is 28.7. The number of benzene rings is 3. The summed E-state index contributed by atoms with van der Waals surface area (Å²) in [6.45, 7) is 1.47. The van der Waals surface area contributed by atoms with Crippen LogP contribution in [0, 0.1) is 17.8 Å². The molecule has 1 aliphatic heterocycles. The molecule has 0 radical (unpaired) electrons. The Morgan fingerprint density at radius 3 is 2.22 bits per heavy atom. The van der Waals surface area contributed by atoms with Crippen LogP contribution < -0.4 is 4.74 Å². The number of rotatable bonds is 7. The van der Waals surface area contributed by atoms with Crippen molar-refractivity contribution in [2.45, 2.75) is 26.2 Å². The summed E-state index contributed by atoms with van der Waals surface area (Å²) in [4.78, 5) is 66.4. The molecule has 1 aliphatic carbocycles. The highest BCUT2D eigenvalue weighted by molar-refractivity contribution is 9.10. The van der Waals surface area contributed by atoms with Gasteiger partial charge in [-0.25, -0.2) is 9.80 Å². The van der Waals surface area contributed by atoms with Gasteiger partial charge in [-0.15, -0.1) is 0 Å². The maximum absolute atomic E-state index is 13.7. The Bertz CT molecular complexity index is 1520. The molecule has 0 unspecified atom stereocenters. The summed E-state index contributed by atoms with van der Waals surface area (Å²) < 4.78 is 6.22. The summed E-state index contributed by atoms with van der Waals surface area (Å²) in [6, 6.07) is 18.8. The Labute approximate surface area is 250 Å². The number of imide groups is 1. The topological polar surface area (TPSA) is 101 Å². The van der Waals surface area contributed by atoms with Crippen molar-refractivity contribution in [2.24, 2.45) is 17.8 Å². The molecule has 3 aromatic rings. The predicted molar refractivity (Wildman–Crippen MR) is 154 cm³/mol. The fourth-order valence-electron chi connectivity index (χ4n) is 5.31. The molecule has 0 N–H and O–H groups in total. The molecule has 0 bridgehead atoms. The van der Waals surface area contributed by atoms with Gasteiger partial charge in [-0.05, 0) is 85.8 Å². The Kier molecular flexibility index (Phi) is 8.37. The minimum atomic E-state index is -0.725. The predicted octanol–water partition coefficient (Wildman–Crippen LogP) is 5.98. The standard InChI is InChI=1S/C31H26BrClN2O6/c1-18-6-15-23-25(16-18)30(39)35(29(23)38)34(28(37)24-4-2-3-5-26(24)33)17-27(36)19-9-13-22(14-10-19)41-31(40)20-7-11-21(32)12-8-20/h2-5,7-14,18,23,25H,6,15-17H2,1H3/t18-,23-,25-/m1/s1. The van der Waals surface area contributed by atoms with Gasteiger partial charge in [0.25, 0.3) is 17.7 Å². The third-order valence-electron chi connectivity index (χ3n) is 7.50. The molecule has 3 atom stereocenters. The van der Waals surface area contributed by atoms with E-state index in [1.165, 1.54) is 36.4 Å². The highest BCUT2D eigenvalue weighted by atomic mass is 79.9. The zero-order valence-corrected chi connectivity index (χ0v) is 24.4. The number of ketones is 1. The minimum absolute atomic E-state index is 0.0704. The number of hydrogen-bond acceptors (Lipinski definition) is 6. The van der Waals surface area contributed by atoms with Crippen LogP contribution >= 0.6 is 27.5 Å². The van der Waals surface area contributed by atoms with Gasteiger partial charge in [-0.1, -0.05) is 46.6 Å². The van der Waals surface area contributed by atoms with E-state index in [-0.39, 0.29) is 27.8 Å². The Morgan fingerprint density at radius 1 is 0.902 bits per heavy atom. The highest BCUT2D eigenvalue weighted by Gasteiger charge is 2.53. The maximum atomic E-state index is 13.7. The summed E-state index contributed by atoms with van der Waals surface area (Å²) in [5.41, 5.74) is 0.633. The van der Waals surface area contributed by atoms with Gasteiger partial charge in [-0.3, -0.25) is 19.2 Å². The molecule has 10 heteroatoms. The van der Waals surface area contributed by atoms with Gasteiger partial charge in [0.2, 0.25) is 0 Å². The molecule has 8 nitrogen and oxygen atoms in total. The average Bonchev–Trinajstić information content (AvgIpc) is 3.20. The number of hydrazine groups is 1. The van der Waals surface area contributed by atoms with Crippen LogP contribution in [0.5, 0.6) is 5.75 Å². The third kappa shape index (κ3) is 5.96. The molecular formula is C31H26BrClN2O6. The molecule has 3 aromatic carbocycles. The lowest BCUT2D eigenvalue weighted by molar-refractivity contribution is -0.154. The summed E-state index contributed by atoms with van der Waals surface area (Å²) in [5.74, 6) is -3.30. The van der Waals surface area contributed by atoms with Crippen molar-refractivity contribution in [1.82, 2.24) is 10.0 Å². The Morgan fingerprint density at radius 2 is 1.54 bits per heavy atom. The van der Waals surface area contributed by atoms with E-state index in [0.717, 1.165) is 20.9 Å². The number of nitrogens with zero attached hydrogens (tertiary/aromatic N) is 2. The van der Waals surface area contributed by atoms with E-state index in [0.29, 0.717) is 18.4 Å². The molecule has 0 spiro atoms. The second-order valence-electron chi connectivity index (χ2n) is 10.3. The van der Waals surface area contributed by atoms with E-state index >= 15 is 0 Å². The molecular weight excluding hydrogens is 612 g/mol. The zero-order valence-electron chi connectivity index (χ0n) is 22.1. The molecule has 1 saturated heterocycles. The van der Waals surface area contributed by atoms with Crippen LogP contribution in [-0.2, 0) is 9.59 Å². The van der Waals surface area contributed by atoms with Crippen molar-refractivity contribution in [1.29, 1.82) is 0 Å². The molecule has 1 saturated carbocycles. The monoisotopic (exact) mass is 636 g/mol. The van der Waals surface area contributed by atoms with E-state index in [1.807, 2.05) is 6.92 Å². The second kappa shape index (κ2) is 12.0. The summed E-state index contributed by atoms with van der Waals surface area (Å²) >= 11 is 9.60. The van der Waals surface area contributed by atoms with Gasteiger partial charge < -0.3 is 4.74 Å². The van der Waals surface area contributed by atoms with Crippen LogP contribution in [0.3, 0.4) is 0 Å². The van der Waals surface area contributed by atoms with Gasteiger partial charge in [0.15, 0.2) is 5.78 Å². The summed E-state index contributed by atoms with van der Waals surface area (Å²) in [7, 11) is 0. The van der Waals surface area contributed by atoms with E-state index in [1.54, 1.807) is 36.4 Å². The number of carbonyl (C=O) groups is 5. The van der Waals surface area contributed by atoms with Crippen molar-refractivity contribution in [3.63, 3.8) is 0 Å². The molecule has 2 aliphatic rings. The lowest BCUT2D eigenvalue weighted by Crippen LogP contribution is -2.52. The Hall–Kier alpha value is -3.82. The fraction of sp³-hybridized carbons (Fsp3) is 0.258. The first-order valence-electron chi connectivity index (χ1n) is 13.2. The zero-order chi connectivity index (χ0) is 29.3. The lowest BCUT2D eigenvalue weighted by Gasteiger charge is -2.30. The van der Waals surface area contributed by atoms with Crippen molar-refractivity contribution < 1.29 is 28.7 Å². The van der Waals surface area contributed by atoms with Crippen LogP contribution in [-0.4, -0.2) is 46.0 Å². The van der Waals surface area contributed by atoms with Crippen molar-refractivity contribution in [3.05, 3.63) is 99.0 Å². The van der Waals surface area contributed by atoms with Gasteiger partial charge in [0.1, 0.15) is 12.3 Å². The first-order chi connectivity index (χ1) is 19.6. The number of esters is 1. The summed E-state index contributed by atoms with van der Waals surface area (Å²) in [5, 5.41) is 1.90. The molecule has 210 valence electrons. The molecule has 1 heterocycles. The quantitative estimate of drug-likeness (QED) is 0.137. The second-order valence-corrected chi connectivity index (χ2v) is 11.6. The number of amides is 3. The number of hydrogen-bond donors (Lipinski definition) is 0. The average molecular weight is 638 g/mol. The largest absolute Gasteiger partial charge is 0.423 e. The molecule has 5 rings (SSSR count). The highest BCUT2D eigenvalue weighted by Crippen LogP contribution is 2.41. The lowest BCUT2D eigenvalue weighted by atomic mass is 9.76. The number of carbonyl (C=O) groups excluding carboxylic acids is 5. The van der Waals surface area contributed by atoms with E-state index in [2.05, 4.69) is 15.9 Å². The third-order valence-corrected chi connectivity index (χ3v) is 8.36. The maximum Gasteiger partial charge on any atom is 0.343 e. The number of ether oxygens (including phenoxy) is 1. The number of fused-ring (bicyclic) bond motifs is 1. The Balaban J connectivity index is 1.38.